The Balaban J connectivity index is 1.65. The van der Waals surface area contributed by atoms with E-state index in [4.69, 9.17) is 0 Å². The first-order valence-electron chi connectivity index (χ1n) is 6.85. The summed E-state index contributed by atoms with van der Waals surface area (Å²) in [7, 11) is 0. The van der Waals surface area contributed by atoms with Crippen LogP contribution in [0.5, 0.6) is 5.75 Å². The molecule has 0 spiro atoms. The number of amides is 2. The fourth-order valence-electron chi connectivity index (χ4n) is 2.81. The molecule has 0 saturated carbocycles. The molecule has 120 valence electrons. The number of alkyl halides is 4. The first-order chi connectivity index (χ1) is 10.3. The van der Waals surface area contributed by atoms with Crippen LogP contribution in [0, 0.1) is 0 Å². The number of benzene rings is 1. The predicted octanol–water partition coefficient (Wildman–Crippen LogP) is 3.41. The van der Waals surface area contributed by atoms with E-state index in [2.05, 4.69) is 20.7 Å². The molecular formula is C14H14BrF3N2O2. The Labute approximate surface area is 133 Å². The van der Waals surface area contributed by atoms with Crippen LogP contribution in [-0.2, 0) is 0 Å². The van der Waals surface area contributed by atoms with Gasteiger partial charge in [0, 0.05) is 23.6 Å². The molecule has 0 N–H and O–H groups in total. The van der Waals surface area contributed by atoms with Gasteiger partial charge in [-0.2, -0.15) is 13.2 Å². The Bertz CT molecular complexity index is 564. The number of rotatable bonds is 3. The summed E-state index contributed by atoms with van der Waals surface area (Å²) in [5, 5.41) is 0. The molecule has 0 radical (unpaired) electrons. The number of halogens is 4. The summed E-state index contributed by atoms with van der Waals surface area (Å²) < 4.78 is 40.9. The number of hydrogen-bond donors (Lipinski definition) is 0. The van der Waals surface area contributed by atoms with E-state index >= 15 is 0 Å². The van der Waals surface area contributed by atoms with E-state index in [0.29, 0.717) is 23.6 Å². The van der Waals surface area contributed by atoms with E-state index < -0.39 is 12.8 Å². The number of urea groups is 1. The van der Waals surface area contributed by atoms with Gasteiger partial charge in [-0.1, -0.05) is 15.9 Å². The second kappa shape index (κ2) is 5.64. The van der Waals surface area contributed by atoms with Crippen LogP contribution in [0.1, 0.15) is 6.42 Å². The minimum absolute atomic E-state index is 0.0593. The molecule has 0 bridgehead atoms. The molecule has 2 heterocycles. The van der Waals surface area contributed by atoms with Gasteiger partial charge < -0.3 is 9.64 Å². The van der Waals surface area contributed by atoms with Crippen molar-refractivity contribution in [3.63, 3.8) is 0 Å². The SMILES string of the molecule is O=C1N(c2ccc(OCC(F)(F)F)cc2)C[C@H]2C[C@H](Br)CN12. The zero-order chi connectivity index (χ0) is 15.9. The van der Waals surface area contributed by atoms with Crippen LogP contribution in [0.3, 0.4) is 0 Å². The number of hydrogen-bond acceptors (Lipinski definition) is 2. The smallest absolute Gasteiger partial charge is 0.422 e. The molecule has 1 aromatic rings. The lowest BCUT2D eigenvalue weighted by atomic mass is 10.2. The van der Waals surface area contributed by atoms with Crippen LogP contribution in [-0.4, -0.2) is 47.7 Å². The number of carbonyl (C=O) groups is 1. The Morgan fingerprint density at radius 3 is 2.50 bits per heavy atom. The predicted molar refractivity (Wildman–Crippen MR) is 78.6 cm³/mol. The van der Waals surface area contributed by atoms with E-state index in [1.165, 1.54) is 12.1 Å². The van der Waals surface area contributed by atoms with Gasteiger partial charge in [0.15, 0.2) is 6.61 Å². The van der Waals surface area contributed by atoms with Gasteiger partial charge >= 0.3 is 12.2 Å². The fourth-order valence-corrected chi connectivity index (χ4v) is 3.56. The highest BCUT2D eigenvalue weighted by atomic mass is 79.9. The molecule has 3 rings (SSSR count). The fraction of sp³-hybridized carbons (Fsp3) is 0.500. The average Bonchev–Trinajstić information content (AvgIpc) is 2.95. The van der Waals surface area contributed by atoms with Crippen LogP contribution in [0.2, 0.25) is 0 Å². The molecule has 0 unspecified atom stereocenters. The highest BCUT2D eigenvalue weighted by molar-refractivity contribution is 9.09. The topological polar surface area (TPSA) is 32.8 Å². The molecule has 1 aromatic carbocycles. The summed E-state index contributed by atoms with van der Waals surface area (Å²) in [4.78, 5) is 16.1. The van der Waals surface area contributed by atoms with Crippen molar-refractivity contribution in [3.8, 4) is 5.75 Å². The third-order valence-electron chi connectivity index (χ3n) is 3.78. The highest BCUT2D eigenvalue weighted by Crippen LogP contribution is 2.33. The van der Waals surface area contributed by atoms with Crippen molar-refractivity contribution in [2.24, 2.45) is 0 Å². The Morgan fingerprint density at radius 1 is 1.23 bits per heavy atom. The molecule has 4 nitrogen and oxygen atoms in total. The quantitative estimate of drug-likeness (QED) is 0.755. The Morgan fingerprint density at radius 2 is 1.91 bits per heavy atom. The van der Waals surface area contributed by atoms with Gasteiger partial charge in [-0.25, -0.2) is 4.79 Å². The standard InChI is InChI=1S/C14H14BrF3N2O2/c15-9-5-11-7-20(13(21)19(11)6-9)10-1-3-12(4-2-10)22-8-14(16,17)18/h1-4,9,11H,5-8H2/t9-,11+/m0/s1. The van der Waals surface area contributed by atoms with Crippen molar-refractivity contribution in [1.29, 1.82) is 0 Å². The normalized spacial score (nSPS) is 24.8. The lowest BCUT2D eigenvalue weighted by molar-refractivity contribution is -0.153. The average molecular weight is 379 g/mol. The maximum absolute atomic E-state index is 12.3. The summed E-state index contributed by atoms with van der Waals surface area (Å²) in [6.07, 6.45) is -3.45. The number of anilines is 1. The third kappa shape index (κ3) is 3.16. The van der Waals surface area contributed by atoms with Gasteiger partial charge in [-0.15, -0.1) is 0 Å². The third-order valence-corrected chi connectivity index (χ3v) is 4.45. The van der Waals surface area contributed by atoms with Crippen LogP contribution in [0.4, 0.5) is 23.7 Å². The van der Waals surface area contributed by atoms with Crippen LogP contribution in [0.25, 0.3) is 0 Å². The molecular weight excluding hydrogens is 365 g/mol. The summed E-state index contributed by atoms with van der Waals surface area (Å²) in [6.45, 7) is -0.0338. The van der Waals surface area contributed by atoms with Crippen molar-refractivity contribution in [2.75, 3.05) is 24.6 Å². The maximum Gasteiger partial charge on any atom is 0.422 e. The summed E-state index contributed by atoms with van der Waals surface area (Å²) in [6, 6.07) is 6.25. The molecule has 2 aliphatic rings. The molecule has 2 aliphatic heterocycles. The van der Waals surface area contributed by atoms with E-state index in [1.807, 2.05) is 4.90 Å². The number of nitrogens with zero attached hydrogens (tertiary/aromatic N) is 2. The molecule has 2 fully saturated rings. The molecule has 0 aromatic heterocycles. The number of ether oxygens (including phenoxy) is 1. The Hall–Kier alpha value is -1.44. The number of carbonyl (C=O) groups excluding carboxylic acids is 1. The van der Waals surface area contributed by atoms with Crippen molar-refractivity contribution < 1.29 is 22.7 Å². The van der Waals surface area contributed by atoms with Gasteiger partial charge in [0.05, 0.1) is 6.04 Å². The van der Waals surface area contributed by atoms with Gasteiger partial charge in [0.1, 0.15) is 5.75 Å². The zero-order valence-corrected chi connectivity index (χ0v) is 13.1. The second-order valence-electron chi connectivity index (χ2n) is 5.43. The van der Waals surface area contributed by atoms with Crippen LogP contribution in [0.15, 0.2) is 24.3 Å². The van der Waals surface area contributed by atoms with Crippen molar-refractivity contribution in [1.82, 2.24) is 4.90 Å². The van der Waals surface area contributed by atoms with E-state index in [-0.39, 0.29) is 17.8 Å². The van der Waals surface area contributed by atoms with Gasteiger partial charge in [0.25, 0.3) is 0 Å². The summed E-state index contributed by atoms with van der Waals surface area (Å²) in [5.41, 5.74) is 0.671. The van der Waals surface area contributed by atoms with Gasteiger partial charge in [-0.3, -0.25) is 4.90 Å². The van der Waals surface area contributed by atoms with Crippen molar-refractivity contribution in [3.05, 3.63) is 24.3 Å². The maximum atomic E-state index is 12.3. The van der Waals surface area contributed by atoms with Gasteiger partial charge in [-0.05, 0) is 30.7 Å². The molecule has 2 saturated heterocycles. The van der Waals surface area contributed by atoms with E-state index in [9.17, 15) is 18.0 Å². The van der Waals surface area contributed by atoms with Crippen LogP contribution >= 0.6 is 15.9 Å². The Kier molecular flexibility index (Phi) is 3.96. The number of fused-ring (bicyclic) bond motifs is 1. The molecule has 0 aliphatic carbocycles. The second-order valence-corrected chi connectivity index (χ2v) is 6.73. The van der Waals surface area contributed by atoms with Crippen molar-refractivity contribution in [2.45, 2.75) is 23.5 Å². The first kappa shape index (κ1) is 15.5. The molecule has 8 heteroatoms. The first-order valence-corrected chi connectivity index (χ1v) is 7.77. The lowest BCUT2D eigenvalue weighted by Crippen LogP contribution is -2.32. The highest BCUT2D eigenvalue weighted by Gasteiger charge is 2.43. The lowest BCUT2D eigenvalue weighted by Gasteiger charge is -2.18. The summed E-state index contributed by atoms with van der Waals surface area (Å²) >= 11 is 3.52. The molecule has 2 amide bonds. The van der Waals surface area contributed by atoms with E-state index in [1.54, 1.807) is 17.0 Å². The molecule has 22 heavy (non-hydrogen) atoms. The van der Waals surface area contributed by atoms with Crippen LogP contribution < -0.4 is 9.64 Å². The van der Waals surface area contributed by atoms with Crippen molar-refractivity contribution >= 4 is 27.6 Å². The zero-order valence-electron chi connectivity index (χ0n) is 11.5. The molecule has 2 atom stereocenters. The summed E-state index contributed by atoms with van der Waals surface area (Å²) in [5.74, 6) is 0.133. The minimum atomic E-state index is -4.36. The largest absolute Gasteiger partial charge is 0.484 e. The van der Waals surface area contributed by atoms with E-state index in [0.717, 1.165) is 6.42 Å². The monoisotopic (exact) mass is 378 g/mol. The minimum Gasteiger partial charge on any atom is -0.484 e. The van der Waals surface area contributed by atoms with Gasteiger partial charge in [0.2, 0.25) is 0 Å².